The zero-order valence-corrected chi connectivity index (χ0v) is 16.5. The number of nitrogens with zero attached hydrogens (tertiary/aromatic N) is 3. The minimum Gasteiger partial charge on any atom is -0.314 e. The summed E-state index contributed by atoms with van der Waals surface area (Å²) < 4.78 is 6.91. The normalized spacial score (nSPS) is 25.3. The van der Waals surface area contributed by atoms with Crippen molar-refractivity contribution in [1.82, 2.24) is 30.0 Å². The third-order valence-corrected chi connectivity index (χ3v) is 5.01. The average molecular weight is 354 g/mol. The number of rotatable bonds is 0. The van der Waals surface area contributed by atoms with Crippen LogP contribution in [-0.4, -0.2) is 92.5 Å². The molecule has 0 bridgehead atoms. The van der Waals surface area contributed by atoms with Crippen LogP contribution in [0.15, 0.2) is 0 Å². The molecule has 1 saturated heterocycles. The Morgan fingerprint density at radius 3 is 1.10 bits per heavy atom. The molecule has 3 N–H and O–H groups in total. The van der Waals surface area contributed by atoms with Gasteiger partial charge in [-0.1, -0.05) is 28.2 Å². The van der Waals surface area contributed by atoms with Gasteiger partial charge in [-0.05, 0) is 0 Å². The van der Waals surface area contributed by atoms with E-state index in [1.54, 1.807) is 0 Å². The van der Waals surface area contributed by atoms with Gasteiger partial charge in [0.25, 0.3) is 0 Å². The minimum absolute atomic E-state index is 1.03. The van der Waals surface area contributed by atoms with Gasteiger partial charge in [0.05, 0.1) is 0 Å². The summed E-state index contributed by atoms with van der Waals surface area (Å²) >= 11 is 0. The smallest absolute Gasteiger partial charge is 0.0148 e. The number of hydrogen-bond acceptors (Lipinski definition) is 6. The van der Waals surface area contributed by atoms with E-state index in [9.17, 15) is 0 Å². The third-order valence-electron chi connectivity index (χ3n) is 3.46. The summed E-state index contributed by atoms with van der Waals surface area (Å²) in [5.74, 6) is 0. The van der Waals surface area contributed by atoms with Crippen LogP contribution in [0.3, 0.4) is 0 Å². The molecule has 1 aliphatic heterocycles. The van der Waals surface area contributed by atoms with Gasteiger partial charge in [-0.15, -0.1) is 0 Å². The summed E-state index contributed by atoms with van der Waals surface area (Å²) in [6.45, 7) is 12.7. The van der Waals surface area contributed by atoms with Crippen LogP contribution in [0.1, 0.15) is 0 Å². The Kier molecular flexibility index (Phi) is 12.9. The molecule has 0 aromatic rings. The Morgan fingerprint density at radius 1 is 0.429 bits per heavy atom. The molecular weight excluding hydrogens is 321 g/mol. The molecule has 126 valence electrons. The Labute approximate surface area is 137 Å². The molecule has 0 aromatic carbocycles. The maximum absolute atomic E-state index is 3.50. The lowest BCUT2D eigenvalue weighted by Gasteiger charge is -2.22. The first kappa shape index (κ1) is 20.1. The second-order valence-corrected chi connectivity index (χ2v) is 7.55. The molecule has 1 aliphatic rings. The van der Waals surface area contributed by atoms with Crippen LogP contribution in [0.5, 0.6) is 0 Å². The van der Waals surface area contributed by atoms with Crippen molar-refractivity contribution in [3.63, 3.8) is 0 Å². The van der Waals surface area contributed by atoms with E-state index in [0.717, 1.165) is 78.5 Å². The summed E-state index contributed by atoms with van der Waals surface area (Å²) in [5.41, 5.74) is 0. The van der Waals surface area contributed by atoms with E-state index in [0.29, 0.717) is 0 Å². The molecule has 1 heterocycles. The molecule has 3 atom stereocenters. The highest BCUT2D eigenvalue weighted by atomic mass is 31.0. The van der Waals surface area contributed by atoms with Crippen LogP contribution >= 0.6 is 28.2 Å². The van der Waals surface area contributed by atoms with Gasteiger partial charge >= 0.3 is 0 Å². The molecule has 0 radical (unpaired) electrons. The van der Waals surface area contributed by atoms with E-state index >= 15 is 0 Å². The van der Waals surface area contributed by atoms with Gasteiger partial charge in [0.1, 0.15) is 0 Å². The van der Waals surface area contributed by atoms with Gasteiger partial charge in [0, 0.05) is 78.5 Å². The average Bonchev–Trinajstić information content (AvgIpc) is 2.46. The van der Waals surface area contributed by atoms with Crippen LogP contribution < -0.4 is 16.0 Å². The molecule has 0 amide bonds. The fourth-order valence-corrected chi connectivity index (χ4v) is 2.78. The maximum Gasteiger partial charge on any atom is 0.0148 e. The van der Waals surface area contributed by atoms with Crippen molar-refractivity contribution in [3.8, 4) is 0 Å². The first-order valence-electron chi connectivity index (χ1n) is 7.79. The van der Waals surface area contributed by atoms with Crippen LogP contribution in [-0.2, 0) is 0 Å². The molecule has 1 rings (SSSR count). The zero-order chi connectivity index (χ0) is 15.3. The van der Waals surface area contributed by atoms with Gasteiger partial charge in [-0.3, -0.25) is 14.0 Å². The van der Waals surface area contributed by atoms with Crippen molar-refractivity contribution in [1.29, 1.82) is 0 Å². The number of nitrogens with one attached hydrogen (secondary N) is 3. The van der Waals surface area contributed by atoms with Crippen molar-refractivity contribution in [2.45, 2.75) is 0 Å². The fraction of sp³-hybridized carbons (Fsp3) is 1.00. The first-order valence-corrected chi connectivity index (χ1v) is 9.34. The van der Waals surface area contributed by atoms with E-state index in [1.165, 1.54) is 0 Å². The van der Waals surface area contributed by atoms with E-state index in [-0.39, 0.29) is 0 Å². The molecule has 1 fully saturated rings. The summed E-state index contributed by atoms with van der Waals surface area (Å²) in [6.07, 6.45) is 0. The number of hydrogen-bond donors (Lipinski definition) is 3. The van der Waals surface area contributed by atoms with E-state index < -0.39 is 0 Å². The molecule has 3 unspecified atom stereocenters. The fourth-order valence-electron chi connectivity index (χ4n) is 2.03. The minimum atomic E-state index is 1.03. The van der Waals surface area contributed by atoms with Gasteiger partial charge in [-0.2, -0.15) is 0 Å². The molecule has 9 heteroatoms. The predicted molar refractivity (Wildman–Crippen MR) is 102 cm³/mol. The van der Waals surface area contributed by atoms with Crippen molar-refractivity contribution in [2.75, 3.05) is 78.5 Å². The van der Waals surface area contributed by atoms with Gasteiger partial charge < -0.3 is 16.0 Å². The lowest BCUT2D eigenvalue weighted by Crippen LogP contribution is -2.38. The highest BCUT2D eigenvalue weighted by Crippen LogP contribution is 2.01. The van der Waals surface area contributed by atoms with Crippen LogP contribution in [0.25, 0.3) is 0 Å². The molecular formula is C12H33N6P3. The Morgan fingerprint density at radius 2 is 0.714 bits per heavy atom. The van der Waals surface area contributed by atoms with Crippen molar-refractivity contribution in [3.05, 3.63) is 0 Å². The molecule has 0 spiro atoms. The first-order chi connectivity index (χ1) is 10.2. The molecule has 6 nitrogen and oxygen atoms in total. The topological polar surface area (TPSA) is 45.8 Å². The third kappa shape index (κ3) is 12.2. The quantitative estimate of drug-likeness (QED) is 0.488. The standard InChI is InChI=1S/C12H33N6P3/c19-16-7-3-13-1-2-14-4-9-17(20)11-12-18(21)10-6-15-5-8-16/h13-15H,1-12,19-21H2. The van der Waals surface area contributed by atoms with E-state index in [4.69, 9.17) is 0 Å². The van der Waals surface area contributed by atoms with Crippen molar-refractivity contribution >= 4 is 28.2 Å². The maximum atomic E-state index is 3.50. The largest absolute Gasteiger partial charge is 0.314 e. The van der Waals surface area contributed by atoms with E-state index in [1.807, 2.05) is 0 Å². The molecule has 0 aromatic heterocycles. The predicted octanol–water partition coefficient (Wildman–Crippen LogP) is -0.955. The highest BCUT2D eigenvalue weighted by Gasteiger charge is 2.03. The van der Waals surface area contributed by atoms with Crippen LogP contribution in [0.2, 0.25) is 0 Å². The van der Waals surface area contributed by atoms with Crippen LogP contribution in [0, 0.1) is 0 Å². The molecule has 0 saturated carbocycles. The monoisotopic (exact) mass is 354 g/mol. The van der Waals surface area contributed by atoms with Crippen molar-refractivity contribution in [2.24, 2.45) is 0 Å². The second kappa shape index (κ2) is 13.5. The summed E-state index contributed by atoms with van der Waals surface area (Å²) in [6, 6.07) is 0. The second-order valence-electron chi connectivity index (χ2n) is 5.36. The molecule has 0 aliphatic carbocycles. The Balaban J connectivity index is 2.24. The lowest BCUT2D eigenvalue weighted by molar-refractivity contribution is 0.374. The zero-order valence-electron chi connectivity index (χ0n) is 13.1. The van der Waals surface area contributed by atoms with Gasteiger partial charge in [0.15, 0.2) is 0 Å². The highest BCUT2D eigenvalue weighted by molar-refractivity contribution is 7.13. The summed E-state index contributed by atoms with van der Waals surface area (Å²) in [4.78, 5) is 0. The summed E-state index contributed by atoms with van der Waals surface area (Å²) in [5, 5.41) is 10.5. The Bertz CT molecular complexity index is 249. The SMILES string of the molecule is PN1CCNCCNCCN(P)CCN(P)CCNCC1. The van der Waals surface area contributed by atoms with Gasteiger partial charge in [0.2, 0.25) is 0 Å². The van der Waals surface area contributed by atoms with Crippen molar-refractivity contribution < 1.29 is 0 Å². The lowest BCUT2D eigenvalue weighted by atomic mass is 10.4. The molecule has 21 heavy (non-hydrogen) atoms. The van der Waals surface area contributed by atoms with E-state index in [2.05, 4.69) is 58.1 Å². The van der Waals surface area contributed by atoms with Crippen LogP contribution in [0.4, 0.5) is 0 Å². The summed E-state index contributed by atoms with van der Waals surface area (Å²) in [7, 11) is 8.47. The Hall–Kier alpha value is 1.05. The van der Waals surface area contributed by atoms with Gasteiger partial charge in [-0.25, -0.2) is 0 Å².